The summed E-state index contributed by atoms with van der Waals surface area (Å²) >= 11 is 17.7. The number of H-pyrrole nitrogens is 1. The van der Waals surface area contributed by atoms with Gasteiger partial charge in [0.1, 0.15) is 5.15 Å². The lowest BCUT2D eigenvalue weighted by atomic mass is 10.2. The molecule has 0 unspecified atom stereocenters. The Balaban J connectivity index is 1.83. The van der Waals surface area contributed by atoms with Gasteiger partial charge in [-0.1, -0.05) is 53.0 Å². The zero-order valence-electron chi connectivity index (χ0n) is 10.6. The molecule has 3 rings (SSSR count). The van der Waals surface area contributed by atoms with E-state index in [2.05, 4.69) is 20.5 Å². The maximum Gasteiger partial charge on any atom is 0.166 e. The fourth-order valence-corrected chi connectivity index (χ4v) is 2.43. The molecular formula is C14H9Cl3N4. The molecule has 0 spiro atoms. The molecular weight excluding hydrogens is 331 g/mol. The number of nitrogens with one attached hydrogen (secondary N) is 2. The number of pyridine rings is 1. The average molecular weight is 340 g/mol. The molecule has 0 bridgehead atoms. The molecule has 4 nitrogen and oxygen atoms in total. The quantitative estimate of drug-likeness (QED) is 0.402. The Labute approximate surface area is 135 Å². The molecule has 0 aliphatic carbocycles. The molecule has 106 valence electrons. The summed E-state index contributed by atoms with van der Waals surface area (Å²) in [4.78, 5) is 7.19. The highest BCUT2D eigenvalue weighted by Gasteiger charge is 2.07. The standard InChI is InChI=1S/C14H9Cl3N4/c15-10-5-11(16)14(20-13(10)17)21-19-7-8-6-18-12-4-2-1-3-9(8)12/h1-7,18H,(H,20,21)/b19-7+. The summed E-state index contributed by atoms with van der Waals surface area (Å²) in [5.74, 6) is 0.349. The van der Waals surface area contributed by atoms with Crippen LogP contribution in [0.3, 0.4) is 0 Å². The van der Waals surface area contributed by atoms with Gasteiger partial charge in [-0.3, -0.25) is 5.43 Å². The average Bonchev–Trinajstić information content (AvgIpc) is 2.88. The van der Waals surface area contributed by atoms with E-state index in [-0.39, 0.29) is 5.15 Å². The number of anilines is 1. The molecule has 0 atom stereocenters. The number of aromatic amines is 1. The van der Waals surface area contributed by atoms with E-state index in [1.165, 1.54) is 6.07 Å². The Hall–Kier alpha value is -1.75. The van der Waals surface area contributed by atoms with Crippen LogP contribution in [0, 0.1) is 0 Å². The van der Waals surface area contributed by atoms with Gasteiger partial charge in [0.15, 0.2) is 5.82 Å². The second-order valence-corrected chi connectivity index (χ2v) is 5.42. The number of hydrazone groups is 1. The van der Waals surface area contributed by atoms with Gasteiger partial charge in [0.2, 0.25) is 0 Å². The van der Waals surface area contributed by atoms with Gasteiger partial charge >= 0.3 is 0 Å². The van der Waals surface area contributed by atoms with E-state index in [0.717, 1.165) is 16.5 Å². The van der Waals surface area contributed by atoms with Crippen molar-refractivity contribution in [1.29, 1.82) is 0 Å². The van der Waals surface area contributed by atoms with E-state index in [9.17, 15) is 0 Å². The maximum atomic E-state index is 6.01. The number of aromatic nitrogens is 2. The smallest absolute Gasteiger partial charge is 0.166 e. The molecule has 0 amide bonds. The Kier molecular flexibility index (Phi) is 4.01. The van der Waals surface area contributed by atoms with Gasteiger partial charge in [-0.15, -0.1) is 0 Å². The molecule has 7 heteroatoms. The van der Waals surface area contributed by atoms with Crippen LogP contribution in [-0.4, -0.2) is 16.2 Å². The van der Waals surface area contributed by atoms with Crippen molar-refractivity contribution in [2.75, 3.05) is 5.43 Å². The molecule has 0 saturated heterocycles. The summed E-state index contributed by atoms with van der Waals surface area (Å²) in [6.07, 6.45) is 3.55. The van der Waals surface area contributed by atoms with E-state index in [1.54, 1.807) is 6.21 Å². The van der Waals surface area contributed by atoms with Gasteiger partial charge < -0.3 is 4.98 Å². The molecule has 0 fully saturated rings. The van der Waals surface area contributed by atoms with Crippen LogP contribution < -0.4 is 5.43 Å². The fraction of sp³-hybridized carbons (Fsp3) is 0. The number of para-hydroxylation sites is 1. The first-order valence-electron chi connectivity index (χ1n) is 6.02. The van der Waals surface area contributed by atoms with E-state index >= 15 is 0 Å². The lowest BCUT2D eigenvalue weighted by molar-refractivity contribution is 1.23. The zero-order valence-corrected chi connectivity index (χ0v) is 12.8. The molecule has 2 N–H and O–H groups in total. The largest absolute Gasteiger partial charge is 0.361 e. The normalized spacial score (nSPS) is 11.4. The number of halogens is 3. The Morgan fingerprint density at radius 1 is 1.14 bits per heavy atom. The Morgan fingerprint density at radius 2 is 1.95 bits per heavy atom. The van der Waals surface area contributed by atoms with Crippen LogP contribution in [0.5, 0.6) is 0 Å². The Bertz CT molecular complexity index is 826. The van der Waals surface area contributed by atoms with Gasteiger partial charge in [0.05, 0.1) is 16.3 Å². The minimum Gasteiger partial charge on any atom is -0.361 e. The van der Waals surface area contributed by atoms with Crippen molar-refractivity contribution in [2.45, 2.75) is 0 Å². The third kappa shape index (κ3) is 2.97. The van der Waals surface area contributed by atoms with Gasteiger partial charge in [-0.05, 0) is 12.1 Å². The number of benzene rings is 1. The van der Waals surface area contributed by atoms with Crippen molar-refractivity contribution < 1.29 is 0 Å². The van der Waals surface area contributed by atoms with Crippen LogP contribution in [0.4, 0.5) is 5.82 Å². The zero-order chi connectivity index (χ0) is 14.8. The predicted octanol–water partition coefficient (Wildman–Crippen LogP) is 4.97. The molecule has 21 heavy (non-hydrogen) atoms. The highest BCUT2D eigenvalue weighted by Crippen LogP contribution is 2.28. The topological polar surface area (TPSA) is 53.1 Å². The first-order valence-corrected chi connectivity index (χ1v) is 7.15. The predicted molar refractivity (Wildman–Crippen MR) is 88.8 cm³/mol. The number of hydrogen-bond acceptors (Lipinski definition) is 3. The summed E-state index contributed by atoms with van der Waals surface area (Å²) < 4.78 is 0. The minimum absolute atomic E-state index is 0.172. The lowest BCUT2D eigenvalue weighted by Gasteiger charge is -2.03. The van der Waals surface area contributed by atoms with E-state index in [0.29, 0.717) is 15.9 Å². The Morgan fingerprint density at radius 3 is 2.81 bits per heavy atom. The van der Waals surface area contributed by atoms with Crippen LogP contribution in [-0.2, 0) is 0 Å². The summed E-state index contributed by atoms with van der Waals surface area (Å²) in [6.45, 7) is 0. The van der Waals surface area contributed by atoms with Crippen molar-refractivity contribution >= 4 is 57.7 Å². The van der Waals surface area contributed by atoms with Gasteiger partial charge in [0.25, 0.3) is 0 Å². The molecule has 0 aliphatic rings. The second kappa shape index (κ2) is 5.93. The summed E-state index contributed by atoms with van der Waals surface area (Å²) in [5, 5.41) is 6.02. The first-order chi connectivity index (χ1) is 10.1. The van der Waals surface area contributed by atoms with Gasteiger partial charge in [0, 0.05) is 22.7 Å². The highest BCUT2D eigenvalue weighted by atomic mass is 35.5. The SMILES string of the molecule is Clc1cc(Cl)c(N/N=C/c2c[nH]c3ccccc23)nc1Cl. The third-order valence-corrected chi connectivity index (χ3v) is 3.84. The van der Waals surface area contributed by atoms with Crippen molar-refractivity contribution in [3.8, 4) is 0 Å². The van der Waals surface area contributed by atoms with Gasteiger partial charge in [-0.2, -0.15) is 5.10 Å². The van der Waals surface area contributed by atoms with Crippen LogP contribution in [0.25, 0.3) is 10.9 Å². The van der Waals surface area contributed by atoms with Crippen molar-refractivity contribution in [1.82, 2.24) is 9.97 Å². The van der Waals surface area contributed by atoms with Crippen LogP contribution in [0.15, 0.2) is 41.6 Å². The third-order valence-electron chi connectivity index (χ3n) is 2.88. The number of hydrogen-bond donors (Lipinski definition) is 2. The van der Waals surface area contributed by atoms with Crippen molar-refractivity contribution in [3.63, 3.8) is 0 Å². The molecule has 1 aromatic carbocycles. The molecule has 0 aliphatic heterocycles. The van der Waals surface area contributed by atoms with Crippen LogP contribution >= 0.6 is 34.8 Å². The van der Waals surface area contributed by atoms with Crippen molar-refractivity contribution in [3.05, 3.63) is 57.3 Å². The first kappa shape index (κ1) is 14.2. The fourth-order valence-electron chi connectivity index (χ4n) is 1.89. The molecule has 2 heterocycles. The lowest BCUT2D eigenvalue weighted by Crippen LogP contribution is -1.95. The van der Waals surface area contributed by atoms with Crippen LogP contribution in [0.2, 0.25) is 15.2 Å². The second-order valence-electron chi connectivity index (χ2n) is 4.25. The van der Waals surface area contributed by atoms with Crippen molar-refractivity contribution in [2.24, 2.45) is 5.10 Å². The van der Waals surface area contributed by atoms with E-state index in [4.69, 9.17) is 34.8 Å². The summed E-state index contributed by atoms with van der Waals surface area (Å²) in [6, 6.07) is 9.47. The maximum absolute atomic E-state index is 6.01. The monoisotopic (exact) mass is 338 g/mol. The molecule has 0 saturated carbocycles. The van der Waals surface area contributed by atoms with Crippen LogP contribution in [0.1, 0.15) is 5.56 Å². The highest BCUT2D eigenvalue weighted by molar-refractivity contribution is 6.42. The number of rotatable bonds is 3. The summed E-state index contributed by atoms with van der Waals surface area (Å²) in [5.41, 5.74) is 4.75. The summed E-state index contributed by atoms with van der Waals surface area (Å²) in [7, 11) is 0. The molecule has 0 radical (unpaired) electrons. The van der Waals surface area contributed by atoms with E-state index < -0.39 is 0 Å². The number of nitrogens with zero attached hydrogens (tertiary/aromatic N) is 2. The van der Waals surface area contributed by atoms with Gasteiger partial charge in [-0.25, -0.2) is 4.98 Å². The molecule has 3 aromatic rings. The minimum atomic E-state index is 0.172. The number of fused-ring (bicyclic) bond motifs is 1. The molecule has 2 aromatic heterocycles. The van der Waals surface area contributed by atoms with E-state index in [1.807, 2.05) is 30.5 Å².